The molecule has 4 heteroatoms. The summed E-state index contributed by atoms with van der Waals surface area (Å²) < 4.78 is 0. The van der Waals surface area contributed by atoms with E-state index in [1.54, 1.807) is 11.3 Å². The second-order valence-corrected chi connectivity index (χ2v) is 7.72. The van der Waals surface area contributed by atoms with Gasteiger partial charge < -0.3 is 10.0 Å². The molecule has 0 bridgehead atoms. The topological polar surface area (TPSA) is 36.4 Å². The normalized spacial score (nSPS) is 26.9. The maximum atomic E-state index is 9.52. The lowest BCUT2D eigenvalue weighted by Crippen LogP contribution is -2.41. The minimum Gasteiger partial charge on any atom is -0.391 e. The molecule has 1 aromatic heterocycles. The first-order chi connectivity index (χ1) is 9.69. The molecule has 1 aromatic rings. The highest BCUT2D eigenvalue weighted by molar-refractivity contribution is 7.15. The van der Waals surface area contributed by atoms with E-state index >= 15 is 0 Å². The molecule has 0 aromatic carbocycles. The molecule has 2 fully saturated rings. The fraction of sp³-hybridized carbons (Fsp3) is 0.812. The number of thiazole rings is 1. The van der Waals surface area contributed by atoms with Crippen LogP contribution in [0.25, 0.3) is 0 Å². The molecule has 0 amide bonds. The minimum absolute atomic E-state index is 0.130. The zero-order chi connectivity index (χ0) is 14.1. The second-order valence-electron chi connectivity index (χ2n) is 6.66. The molecule has 1 aliphatic carbocycles. The van der Waals surface area contributed by atoms with Crippen LogP contribution in [0.1, 0.15) is 62.4 Å². The molecule has 2 unspecified atom stereocenters. The van der Waals surface area contributed by atoms with Crippen molar-refractivity contribution >= 4 is 16.5 Å². The van der Waals surface area contributed by atoms with Crippen molar-refractivity contribution in [3.63, 3.8) is 0 Å². The van der Waals surface area contributed by atoms with E-state index in [-0.39, 0.29) is 6.61 Å². The molecule has 3 rings (SSSR count). The molecule has 2 heterocycles. The first-order valence-corrected chi connectivity index (χ1v) is 8.86. The third-order valence-corrected chi connectivity index (χ3v) is 6.09. The van der Waals surface area contributed by atoms with Crippen molar-refractivity contribution in [3.05, 3.63) is 10.6 Å². The number of aromatic nitrogens is 1. The number of piperidine rings is 1. The highest BCUT2D eigenvalue weighted by atomic mass is 32.1. The van der Waals surface area contributed by atoms with Crippen LogP contribution in [0.15, 0.2) is 0 Å². The highest BCUT2D eigenvalue weighted by Crippen LogP contribution is 2.39. The van der Waals surface area contributed by atoms with Gasteiger partial charge in [0, 0.05) is 13.1 Å². The predicted octanol–water partition coefficient (Wildman–Crippen LogP) is 3.78. The van der Waals surface area contributed by atoms with Crippen LogP contribution in [-0.4, -0.2) is 23.2 Å². The molecule has 112 valence electrons. The monoisotopic (exact) mass is 294 g/mol. The molecule has 1 N–H and O–H groups in total. The number of nitrogens with zero attached hydrogens (tertiary/aromatic N) is 2. The predicted molar refractivity (Wildman–Crippen MR) is 84.4 cm³/mol. The van der Waals surface area contributed by atoms with E-state index in [1.165, 1.54) is 38.6 Å². The first kappa shape index (κ1) is 14.3. The Labute approximate surface area is 126 Å². The van der Waals surface area contributed by atoms with Crippen LogP contribution in [0.5, 0.6) is 0 Å². The van der Waals surface area contributed by atoms with E-state index in [2.05, 4.69) is 18.7 Å². The molecule has 1 aliphatic heterocycles. The standard InChI is InChI=1S/C16H26N2OS/c1-11(2)15-14(10-19)20-16(17-15)18-8-7-12-5-3-4-6-13(12)9-18/h11-13,19H,3-10H2,1-2H3. The zero-order valence-electron chi connectivity index (χ0n) is 12.6. The largest absolute Gasteiger partial charge is 0.391 e. The van der Waals surface area contributed by atoms with Crippen LogP contribution in [0.4, 0.5) is 5.13 Å². The Morgan fingerprint density at radius 3 is 2.65 bits per heavy atom. The average molecular weight is 294 g/mol. The maximum absolute atomic E-state index is 9.52. The van der Waals surface area contributed by atoms with Gasteiger partial charge >= 0.3 is 0 Å². The van der Waals surface area contributed by atoms with E-state index in [0.29, 0.717) is 5.92 Å². The fourth-order valence-corrected chi connectivity index (χ4v) is 4.93. The Hall–Kier alpha value is -0.610. The van der Waals surface area contributed by atoms with E-state index in [4.69, 9.17) is 4.98 Å². The van der Waals surface area contributed by atoms with Crippen molar-refractivity contribution in [2.24, 2.45) is 11.8 Å². The van der Waals surface area contributed by atoms with E-state index in [1.807, 2.05) is 0 Å². The Bertz CT molecular complexity index is 457. The third kappa shape index (κ3) is 2.73. The number of fused-ring (bicyclic) bond motifs is 1. The summed E-state index contributed by atoms with van der Waals surface area (Å²) in [6.45, 7) is 6.78. The third-order valence-electron chi connectivity index (χ3n) is 4.97. The summed E-state index contributed by atoms with van der Waals surface area (Å²) >= 11 is 1.70. The molecule has 2 aliphatic rings. The lowest BCUT2D eigenvalue weighted by molar-refractivity contribution is 0.202. The lowest BCUT2D eigenvalue weighted by atomic mass is 9.75. The number of hydrogen-bond donors (Lipinski definition) is 1. The maximum Gasteiger partial charge on any atom is 0.185 e. The number of rotatable bonds is 3. The van der Waals surface area contributed by atoms with E-state index < -0.39 is 0 Å². The van der Waals surface area contributed by atoms with Crippen LogP contribution >= 0.6 is 11.3 Å². The van der Waals surface area contributed by atoms with Gasteiger partial charge in [0.15, 0.2) is 5.13 Å². The van der Waals surface area contributed by atoms with Gasteiger partial charge in [0.2, 0.25) is 0 Å². The molecular formula is C16H26N2OS. The van der Waals surface area contributed by atoms with Gasteiger partial charge in [0.1, 0.15) is 0 Å². The van der Waals surface area contributed by atoms with Crippen molar-refractivity contribution in [3.8, 4) is 0 Å². The summed E-state index contributed by atoms with van der Waals surface area (Å²) in [6.07, 6.45) is 7.01. The van der Waals surface area contributed by atoms with Crippen LogP contribution < -0.4 is 4.90 Å². The lowest BCUT2D eigenvalue weighted by Gasteiger charge is -2.41. The Morgan fingerprint density at radius 2 is 2.00 bits per heavy atom. The molecule has 2 atom stereocenters. The fourth-order valence-electron chi connectivity index (χ4n) is 3.82. The van der Waals surface area contributed by atoms with Gasteiger partial charge in [0.25, 0.3) is 0 Å². The summed E-state index contributed by atoms with van der Waals surface area (Å²) in [6, 6.07) is 0. The van der Waals surface area contributed by atoms with Gasteiger partial charge in [-0.2, -0.15) is 0 Å². The van der Waals surface area contributed by atoms with Gasteiger partial charge in [0.05, 0.1) is 17.2 Å². The zero-order valence-corrected chi connectivity index (χ0v) is 13.5. The molecule has 0 spiro atoms. The van der Waals surface area contributed by atoms with Crippen LogP contribution in [-0.2, 0) is 6.61 Å². The van der Waals surface area contributed by atoms with Gasteiger partial charge in [-0.25, -0.2) is 4.98 Å². The van der Waals surface area contributed by atoms with Crippen molar-refractivity contribution in [1.82, 2.24) is 4.98 Å². The molecule has 0 radical (unpaired) electrons. The summed E-state index contributed by atoms with van der Waals surface area (Å²) in [4.78, 5) is 8.36. The molecule has 3 nitrogen and oxygen atoms in total. The minimum atomic E-state index is 0.130. The number of aliphatic hydroxyl groups excluding tert-OH is 1. The first-order valence-electron chi connectivity index (χ1n) is 8.04. The SMILES string of the molecule is CC(C)c1nc(N2CCC3CCCCC3C2)sc1CO. The summed E-state index contributed by atoms with van der Waals surface area (Å²) in [5.74, 6) is 2.23. The van der Waals surface area contributed by atoms with Crippen molar-refractivity contribution in [2.45, 2.75) is 58.5 Å². The Kier molecular flexibility index (Phi) is 4.32. The van der Waals surface area contributed by atoms with Gasteiger partial charge in [-0.1, -0.05) is 44.4 Å². The molecule has 1 saturated carbocycles. The Balaban J connectivity index is 1.76. The van der Waals surface area contributed by atoms with Gasteiger partial charge in [-0.3, -0.25) is 0 Å². The molecule has 20 heavy (non-hydrogen) atoms. The summed E-state index contributed by atoms with van der Waals surface area (Å²) in [5.41, 5.74) is 1.10. The number of aliphatic hydroxyl groups is 1. The van der Waals surface area contributed by atoms with Crippen molar-refractivity contribution < 1.29 is 5.11 Å². The number of anilines is 1. The Morgan fingerprint density at radius 1 is 1.25 bits per heavy atom. The van der Waals surface area contributed by atoms with E-state index in [0.717, 1.165) is 34.1 Å². The quantitative estimate of drug-likeness (QED) is 0.921. The second kappa shape index (κ2) is 6.02. The smallest absolute Gasteiger partial charge is 0.185 e. The van der Waals surface area contributed by atoms with Crippen LogP contribution in [0.3, 0.4) is 0 Å². The van der Waals surface area contributed by atoms with E-state index in [9.17, 15) is 5.11 Å². The van der Waals surface area contributed by atoms with Crippen LogP contribution in [0.2, 0.25) is 0 Å². The number of hydrogen-bond acceptors (Lipinski definition) is 4. The summed E-state index contributed by atoms with van der Waals surface area (Å²) in [5, 5.41) is 10.7. The molecule has 1 saturated heterocycles. The summed E-state index contributed by atoms with van der Waals surface area (Å²) in [7, 11) is 0. The van der Waals surface area contributed by atoms with Crippen molar-refractivity contribution in [2.75, 3.05) is 18.0 Å². The van der Waals surface area contributed by atoms with Gasteiger partial charge in [-0.15, -0.1) is 0 Å². The van der Waals surface area contributed by atoms with Gasteiger partial charge in [-0.05, 0) is 30.6 Å². The highest BCUT2D eigenvalue weighted by Gasteiger charge is 2.32. The average Bonchev–Trinajstić information content (AvgIpc) is 2.91. The molecular weight excluding hydrogens is 268 g/mol. The van der Waals surface area contributed by atoms with Crippen molar-refractivity contribution in [1.29, 1.82) is 0 Å². The van der Waals surface area contributed by atoms with Crippen LogP contribution in [0, 0.1) is 11.8 Å².